The molecule has 0 saturated heterocycles. The van der Waals surface area contributed by atoms with E-state index >= 15 is 0 Å². The van der Waals surface area contributed by atoms with Gasteiger partial charge in [0.2, 0.25) is 0 Å². The fourth-order valence-corrected chi connectivity index (χ4v) is 2.32. The molecule has 0 amide bonds. The van der Waals surface area contributed by atoms with Crippen LogP contribution in [0.4, 0.5) is 0 Å². The molecule has 1 unspecified atom stereocenters. The summed E-state index contributed by atoms with van der Waals surface area (Å²) < 4.78 is 0. The lowest BCUT2D eigenvalue weighted by Crippen LogP contribution is -2.50. The number of carbonyl (C=O) groups is 1. The van der Waals surface area contributed by atoms with Gasteiger partial charge in [0.15, 0.2) is 0 Å². The average molecular weight is 267 g/mol. The third-order valence-electron chi connectivity index (χ3n) is 3.46. The maximum absolute atomic E-state index is 11.4. The molecule has 0 aliphatic heterocycles. The number of hydrogen-bond acceptors (Lipinski definition) is 4. The Morgan fingerprint density at radius 3 is 2.11 bits per heavy atom. The van der Waals surface area contributed by atoms with Crippen LogP contribution in [-0.2, 0) is 4.79 Å². The number of likely N-dealkylation sites (N-methyl/N-ethyl adjacent to an activating group) is 1. The maximum Gasteiger partial charge on any atom is 0.323 e. The van der Waals surface area contributed by atoms with Crippen molar-refractivity contribution in [2.45, 2.75) is 39.3 Å². The smallest absolute Gasteiger partial charge is 0.323 e. The average Bonchev–Trinajstić information content (AvgIpc) is 2.27. The van der Waals surface area contributed by atoms with E-state index in [-0.39, 0.29) is 17.5 Å². The van der Waals surface area contributed by atoms with Crippen LogP contribution in [-0.4, -0.2) is 38.3 Å². The van der Waals surface area contributed by atoms with Gasteiger partial charge in [-0.2, -0.15) is 0 Å². The molecular formula is C14H21NO4. The van der Waals surface area contributed by atoms with Gasteiger partial charge >= 0.3 is 5.97 Å². The van der Waals surface area contributed by atoms with Gasteiger partial charge in [0.05, 0.1) is 0 Å². The van der Waals surface area contributed by atoms with Crippen LogP contribution in [0.15, 0.2) is 18.2 Å². The molecule has 3 N–H and O–H groups in total. The molecule has 1 aromatic rings. The van der Waals surface area contributed by atoms with Crippen molar-refractivity contribution in [1.29, 1.82) is 0 Å². The summed E-state index contributed by atoms with van der Waals surface area (Å²) in [6, 6.07) is 4.07. The third kappa shape index (κ3) is 3.17. The predicted molar refractivity (Wildman–Crippen MR) is 72.3 cm³/mol. The van der Waals surface area contributed by atoms with E-state index in [9.17, 15) is 20.1 Å². The summed E-state index contributed by atoms with van der Waals surface area (Å²) in [5, 5.41) is 28.3. The minimum Gasteiger partial charge on any atom is -0.508 e. The second-order valence-electron chi connectivity index (χ2n) is 5.11. The largest absolute Gasteiger partial charge is 0.508 e. The SMILES string of the molecule is CCN(C(C)c1cc(O)cc(O)c1)C(C)(C)C(=O)O. The molecular weight excluding hydrogens is 246 g/mol. The van der Waals surface area contributed by atoms with Crippen LogP contribution in [0.5, 0.6) is 11.5 Å². The van der Waals surface area contributed by atoms with Crippen molar-refractivity contribution in [1.82, 2.24) is 4.90 Å². The van der Waals surface area contributed by atoms with Gasteiger partial charge in [-0.3, -0.25) is 9.69 Å². The summed E-state index contributed by atoms with van der Waals surface area (Å²) in [5.41, 5.74) is -0.358. The van der Waals surface area contributed by atoms with E-state index < -0.39 is 11.5 Å². The van der Waals surface area contributed by atoms with Crippen LogP contribution in [0.1, 0.15) is 39.3 Å². The summed E-state index contributed by atoms with van der Waals surface area (Å²) in [4.78, 5) is 13.1. The maximum atomic E-state index is 11.4. The number of carboxylic acids is 1. The third-order valence-corrected chi connectivity index (χ3v) is 3.46. The minimum absolute atomic E-state index is 0.0361. The molecule has 0 aliphatic carbocycles. The van der Waals surface area contributed by atoms with Gasteiger partial charge in [-0.1, -0.05) is 6.92 Å². The number of phenolic OH excluding ortho intramolecular Hbond substituents is 2. The standard InChI is InChI=1S/C14H21NO4/c1-5-15(14(3,4)13(18)19)9(2)10-6-11(16)8-12(17)7-10/h6-9,16-17H,5H2,1-4H3,(H,18,19). The number of hydrogen-bond donors (Lipinski definition) is 3. The second-order valence-corrected chi connectivity index (χ2v) is 5.11. The normalized spacial score (nSPS) is 13.5. The van der Waals surface area contributed by atoms with Crippen LogP contribution in [0.25, 0.3) is 0 Å². The van der Waals surface area contributed by atoms with Crippen LogP contribution in [0.2, 0.25) is 0 Å². The number of benzene rings is 1. The molecule has 19 heavy (non-hydrogen) atoms. The van der Waals surface area contributed by atoms with Gasteiger partial charge in [-0.15, -0.1) is 0 Å². The van der Waals surface area contributed by atoms with Gasteiger partial charge in [0.1, 0.15) is 17.0 Å². The van der Waals surface area contributed by atoms with E-state index in [1.165, 1.54) is 18.2 Å². The fraction of sp³-hybridized carbons (Fsp3) is 0.500. The number of carboxylic acid groups (broad SMARTS) is 1. The molecule has 1 rings (SSSR count). The van der Waals surface area contributed by atoms with Crippen molar-refractivity contribution in [3.63, 3.8) is 0 Å². The van der Waals surface area contributed by atoms with Gasteiger partial charge < -0.3 is 15.3 Å². The minimum atomic E-state index is -1.03. The van der Waals surface area contributed by atoms with Crippen molar-refractivity contribution in [2.24, 2.45) is 0 Å². The molecule has 0 heterocycles. The highest BCUT2D eigenvalue weighted by atomic mass is 16.4. The molecule has 0 spiro atoms. The molecule has 0 radical (unpaired) electrons. The highest BCUT2D eigenvalue weighted by molar-refractivity contribution is 5.77. The van der Waals surface area contributed by atoms with E-state index in [1.807, 2.05) is 13.8 Å². The second kappa shape index (κ2) is 5.48. The lowest BCUT2D eigenvalue weighted by Gasteiger charge is -2.39. The van der Waals surface area contributed by atoms with Crippen molar-refractivity contribution in [3.8, 4) is 11.5 Å². The molecule has 0 bridgehead atoms. The van der Waals surface area contributed by atoms with E-state index in [0.29, 0.717) is 12.1 Å². The van der Waals surface area contributed by atoms with Crippen LogP contribution in [0, 0.1) is 0 Å². The molecule has 1 aromatic carbocycles. The van der Waals surface area contributed by atoms with Crippen LogP contribution >= 0.6 is 0 Å². The zero-order valence-corrected chi connectivity index (χ0v) is 11.7. The Bertz CT molecular complexity index is 450. The highest BCUT2D eigenvalue weighted by Gasteiger charge is 2.36. The molecule has 106 valence electrons. The molecule has 1 atom stereocenters. The number of aliphatic carboxylic acids is 1. The van der Waals surface area contributed by atoms with Gasteiger partial charge in [0.25, 0.3) is 0 Å². The van der Waals surface area contributed by atoms with Crippen molar-refractivity contribution in [2.75, 3.05) is 6.54 Å². The van der Waals surface area contributed by atoms with Gasteiger partial charge in [-0.05, 0) is 45.0 Å². The number of rotatable bonds is 5. The lowest BCUT2D eigenvalue weighted by atomic mass is 9.97. The summed E-state index contributed by atoms with van der Waals surface area (Å²) in [6.45, 7) is 7.54. The Morgan fingerprint density at radius 1 is 1.26 bits per heavy atom. The first-order valence-electron chi connectivity index (χ1n) is 6.23. The Hall–Kier alpha value is -1.75. The Morgan fingerprint density at radius 2 is 1.74 bits per heavy atom. The summed E-state index contributed by atoms with van der Waals surface area (Å²) in [5.74, 6) is -0.984. The van der Waals surface area contributed by atoms with Gasteiger partial charge in [0, 0.05) is 12.1 Å². The summed E-state index contributed by atoms with van der Waals surface area (Å²) in [7, 11) is 0. The first-order valence-corrected chi connectivity index (χ1v) is 6.23. The predicted octanol–water partition coefficient (Wildman–Crippen LogP) is 2.34. The zero-order chi connectivity index (χ0) is 14.8. The highest BCUT2D eigenvalue weighted by Crippen LogP contribution is 2.32. The summed E-state index contributed by atoms with van der Waals surface area (Å²) in [6.07, 6.45) is 0. The van der Waals surface area contributed by atoms with Crippen molar-refractivity contribution in [3.05, 3.63) is 23.8 Å². The fourth-order valence-electron chi connectivity index (χ4n) is 2.32. The van der Waals surface area contributed by atoms with E-state index in [0.717, 1.165) is 0 Å². The molecule has 0 fully saturated rings. The number of aromatic hydroxyl groups is 2. The molecule has 5 heteroatoms. The summed E-state index contributed by atoms with van der Waals surface area (Å²) >= 11 is 0. The quantitative estimate of drug-likeness (QED) is 0.763. The Kier molecular flexibility index (Phi) is 4.42. The monoisotopic (exact) mass is 267 g/mol. The van der Waals surface area contributed by atoms with Crippen molar-refractivity contribution >= 4 is 5.97 Å². The van der Waals surface area contributed by atoms with Crippen LogP contribution in [0.3, 0.4) is 0 Å². The topological polar surface area (TPSA) is 81.0 Å². The van der Waals surface area contributed by atoms with E-state index in [1.54, 1.807) is 18.7 Å². The molecule has 0 aliphatic rings. The van der Waals surface area contributed by atoms with E-state index in [4.69, 9.17) is 0 Å². The number of phenols is 2. The first-order chi connectivity index (χ1) is 8.70. The number of nitrogens with zero attached hydrogens (tertiary/aromatic N) is 1. The molecule has 5 nitrogen and oxygen atoms in total. The van der Waals surface area contributed by atoms with Crippen molar-refractivity contribution < 1.29 is 20.1 Å². The Labute approximate surface area is 113 Å². The lowest BCUT2D eigenvalue weighted by molar-refractivity contribution is -0.150. The Balaban J connectivity index is 3.15. The van der Waals surface area contributed by atoms with E-state index in [2.05, 4.69) is 0 Å². The first kappa shape index (κ1) is 15.3. The van der Waals surface area contributed by atoms with Gasteiger partial charge in [-0.25, -0.2) is 0 Å². The molecule has 0 aromatic heterocycles. The zero-order valence-electron chi connectivity index (χ0n) is 11.7. The molecule has 0 saturated carbocycles. The van der Waals surface area contributed by atoms with Crippen LogP contribution < -0.4 is 0 Å².